The highest BCUT2D eigenvalue weighted by Gasteiger charge is 2.24. The van der Waals surface area contributed by atoms with Crippen LogP contribution in [0, 0.1) is 0 Å². The minimum atomic E-state index is 0.365. The number of hydrogen-bond donors (Lipinski definition) is 0. The lowest BCUT2D eigenvalue weighted by Crippen LogP contribution is -2.17. The SMILES string of the molecule is CCC(C)(CC)c1cc2ccccc2s1. The van der Waals surface area contributed by atoms with E-state index in [0.717, 1.165) is 0 Å². The molecule has 2 rings (SSSR count). The molecule has 0 unspecified atom stereocenters. The molecule has 0 saturated carbocycles. The lowest BCUT2D eigenvalue weighted by atomic mass is 9.83. The Kier molecular flexibility index (Phi) is 2.83. The average molecular weight is 218 g/mol. The Bertz CT molecular complexity index is 416. The van der Waals surface area contributed by atoms with Crippen LogP contribution < -0.4 is 0 Å². The van der Waals surface area contributed by atoms with Crippen molar-refractivity contribution in [1.29, 1.82) is 0 Å². The topological polar surface area (TPSA) is 0 Å². The lowest BCUT2D eigenvalue weighted by Gasteiger charge is -2.24. The Hall–Kier alpha value is -0.820. The minimum Gasteiger partial charge on any atom is -0.140 e. The first-order valence-corrected chi connectivity index (χ1v) is 6.50. The summed E-state index contributed by atoms with van der Waals surface area (Å²) in [6.07, 6.45) is 2.44. The number of fused-ring (bicyclic) bond motifs is 1. The van der Waals surface area contributed by atoms with E-state index in [-0.39, 0.29) is 0 Å². The summed E-state index contributed by atoms with van der Waals surface area (Å²) < 4.78 is 1.42. The molecule has 0 fully saturated rings. The predicted molar refractivity (Wildman–Crippen MR) is 69.8 cm³/mol. The van der Waals surface area contributed by atoms with Crippen molar-refractivity contribution >= 4 is 21.4 Å². The lowest BCUT2D eigenvalue weighted by molar-refractivity contribution is 0.448. The Balaban J connectivity index is 2.52. The minimum absolute atomic E-state index is 0.365. The second-order valence-corrected chi connectivity index (χ2v) is 5.50. The Morgan fingerprint density at radius 3 is 2.40 bits per heavy atom. The van der Waals surface area contributed by atoms with E-state index in [9.17, 15) is 0 Å². The molecule has 0 atom stereocenters. The molecular weight excluding hydrogens is 200 g/mol. The molecule has 0 radical (unpaired) electrons. The van der Waals surface area contributed by atoms with Gasteiger partial charge in [-0.15, -0.1) is 11.3 Å². The Labute approximate surface area is 95.9 Å². The van der Waals surface area contributed by atoms with E-state index in [2.05, 4.69) is 51.1 Å². The van der Waals surface area contributed by atoms with Crippen LogP contribution in [0.1, 0.15) is 38.5 Å². The number of hydrogen-bond acceptors (Lipinski definition) is 1. The molecule has 1 heterocycles. The zero-order valence-electron chi connectivity index (χ0n) is 9.71. The molecule has 0 aliphatic carbocycles. The van der Waals surface area contributed by atoms with Crippen LogP contribution >= 0.6 is 11.3 Å². The Morgan fingerprint density at radius 1 is 1.13 bits per heavy atom. The van der Waals surface area contributed by atoms with E-state index < -0.39 is 0 Å². The van der Waals surface area contributed by atoms with E-state index in [1.54, 1.807) is 0 Å². The standard InChI is InChI=1S/C14H18S/c1-4-14(3,5-2)13-10-11-8-6-7-9-12(11)15-13/h6-10H,4-5H2,1-3H3. The first kappa shape index (κ1) is 10.7. The fourth-order valence-corrected chi connectivity index (χ4v) is 3.23. The van der Waals surface area contributed by atoms with Gasteiger partial charge in [0, 0.05) is 15.0 Å². The second kappa shape index (κ2) is 3.97. The van der Waals surface area contributed by atoms with Gasteiger partial charge in [-0.2, -0.15) is 0 Å². The maximum absolute atomic E-state index is 2.37. The fraction of sp³-hybridized carbons (Fsp3) is 0.429. The van der Waals surface area contributed by atoms with Crippen LogP contribution in [-0.4, -0.2) is 0 Å². The van der Waals surface area contributed by atoms with Crippen molar-refractivity contribution in [3.63, 3.8) is 0 Å². The second-order valence-electron chi connectivity index (χ2n) is 4.42. The molecule has 0 N–H and O–H groups in total. The van der Waals surface area contributed by atoms with Crippen molar-refractivity contribution in [1.82, 2.24) is 0 Å². The molecular formula is C14H18S. The quantitative estimate of drug-likeness (QED) is 0.681. The highest BCUT2D eigenvalue weighted by Crippen LogP contribution is 2.38. The highest BCUT2D eigenvalue weighted by molar-refractivity contribution is 7.19. The van der Waals surface area contributed by atoms with Crippen LogP contribution in [0.4, 0.5) is 0 Å². The smallest absolute Gasteiger partial charge is 0.0345 e. The number of thiophene rings is 1. The van der Waals surface area contributed by atoms with Gasteiger partial charge in [0.1, 0.15) is 0 Å². The van der Waals surface area contributed by atoms with Crippen LogP contribution in [0.25, 0.3) is 10.1 Å². The molecule has 15 heavy (non-hydrogen) atoms. The third-order valence-corrected chi connectivity index (χ3v) is 5.00. The predicted octanol–water partition coefficient (Wildman–Crippen LogP) is 4.98. The van der Waals surface area contributed by atoms with Gasteiger partial charge in [-0.3, -0.25) is 0 Å². The first-order valence-electron chi connectivity index (χ1n) is 5.68. The van der Waals surface area contributed by atoms with Gasteiger partial charge >= 0.3 is 0 Å². The summed E-state index contributed by atoms with van der Waals surface area (Å²) in [6, 6.07) is 11.0. The van der Waals surface area contributed by atoms with Gasteiger partial charge in [0.15, 0.2) is 0 Å². The van der Waals surface area contributed by atoms with Gasteiger partial charge in [0.05, 0.1) is 0 Å². The van der Waals surface area contributed by atoms with Crippen molar-refractivity contribution in [3.8, 4) is 0 Å². The maximum atomic E-state index is 2.37. The van der Waals surface area contributed by atoms with Gasteiger partial charge in [-0.1, -0.05) is 39.0 Å². The molecule has 0 aliphatic heterocycles. The van der Waals surface area contributed by atoms with Gasteiger partial charge in [-0.05, 0) is 30.4 Å². The number of benzene rings is 1. The van der Waals surface area contributed by atoms with E-state index in [1.165, 1.54) is 27.8 Å². The molecule has 80 valence electrons. The van der Waals surface area contributed by atoms with E-state index in [4.69, 9.17) is 0 Å². The monoisotopic (exact) mass is 218 g/mol. The van der Waals surface area contributed by atoms with Gasteiger partial charge in [-0.25, -0.2) is 0 Å². The van der Waals surface area contributed by atoms with E-state index in [0.29, 0.717) is 5.41 Å². The summed E-state index contributed by atoms with van der Waals surface area (Å²) in [5, 5.41) is 1.39. The molecule has 1 heteroatoms. The van der Waals surface area contributed by atoms with Crippen LogP contribution in [-0.2, 0) is 5.41 Å². The van der Waals surface area contributed by atoms with Crippen LogP contribution in [0.3, 0.4) is 0 Å². The van der Waals surface area contributed by atoms with Gasteiger partial charge in [0.25, 0.3) is 0 Å². The Morgan fingerprint density at radius 2 is 1.80 bits per heavy atom. The zero-order valence-corrected chi connectivity index (χ0v) is 10.5. The van der Waals surface area contributed by atoms with E-state index >= 15 is 0 Å². The average Bonchev–Trinajstić information content (AvgIpc) is 2.72. The molecule has 0 aliphatic rings. The summed E-state index contributed by atoms with van der Waals surface area (Å²) in [4.78, 5) is 1.54. The fourth-order valence-electron chi connectivity index (χ4n) is 1.88. The molecule has 1 aromatic heterocycles. The summed E-state index contributed by atoms with van der Waals surface area (Å²) in [5.74, 6) is 0. The van der Waals surface area contributed by atoms with Crippen molar-refractivity contribution in [3.05, 3.63) is 35.2 Å². The normalized spacial score (nSPS) is 12.2. The zero-order chi connectivity index (χ0) is 10.9. The highest BCUT2D eigenvalue weighted by atomic mass is 32.1. The van der Waals surface area contributed by atoms with Gasteiger partial charge in [0.2, 0.25) is 0 Å². The summed E-state index contributed by atoms with van der Waals surface area (Å²) in [7, 11) is 0. The van der Waals surface area contributed by atoms with Crippen LogP contribution in [0.15, 0.2) is 30.3 Å². The van der Waals surface area contributed by atoms with Crippen molar-refractivity contribution < 1.29 is 0 Å². The molecule has 0 amide bonds. The third kappa shape index (κ3) is 1.81. The van der Waals surface area contributed by atoms with Crippen molar-refractivity contribution in [2.45, 2.75) is 39.0 Å². The largest absolute Gasteiger partial charge is 0.140 e. The molecule has 0 spiro atoms. The third-order valence-electron chi connectivity index (χ3n) is 3.58. The molecule has 0 bridgehead atoms. The molecule has 2 aromatic rings. The summed E-state index contributed by atoms with van der Waals surface area (Å²) in [6.45, 7) is 6.94. The molecule has 0 nitrogen and oxygen atoms in total. The van der Waals surface area contributed by atoms with Gasteiger partial charge < -0.3 is 0 Å². The van der Waals surface area contributed by atoms with Crippen LogP contribution in [0.5, 0.6) is 0 Å². The molecule has 0 saturated heterocycles. The summed E-state index contributed by atoms with van der Waals surface area (Å²) in [5.41, 5.74) is 0.365. The van der Waals surface area contributed by atoms with E-state index in [1.807, 2.05) is 11.3 Å². The maximum Gasteiger partial charge on any atom is 0.0345 e. The summed E-state index contributed by atoms with van der Waals surface area (Å²) >= 11 is 1.95. The number of rotatable bonds is 3. The molecule has 1 aromatic carbocycles. The van der Waals surface area contributed by atoms with Crippen LogP contribution in [0.2, 0.25) is 0 Å². The first-order chi connectivity index (χ1) is 7.19. The van der Waals surface area contributed by atoms with Crippen molar-refractivity contribution in [2.75, 3.05) is 0 Å². The van der Waals surface area contributed by atoms with Crippen molar-refractivity contribution in [2.24, 2.45) is 0 Å².